The van der Waals surface area contributed by atoms with Gasteiger partial charge in [-0.25, -0.2) is 5.43 Å². The first-order valence-electron chi connectivity index (χ1n) is 10.1. The number of fused-ring (bicyclic) bond motifs is 1. The molecular weight excluding hydrogens is 438 g/mol. The fraction of sp³-hybridized carbons (Fsp3) is 0.0385. The zero-order valence-corrected chi connectivity index (χ0v) is 18.4. The van der Waals surface area contributed by atoms with Crippen molar-refractivity contribution in [3.05, 3.63) is 107 Å². The van der Waals surface area contributed by atoms with Crippen molar-refractivity contribution in [2.45, 2.75) is 6.92 Å². The molecule has 0 aliphatic rings. The number of halogens is 1. The normalized spacial score (nSPS) is 11.3. The summed E-state index contributed by atoms with van der Waals surface area (Å²) in [6, 6.07) is 24.4. The molecule has 0 aliphatic carbocycles. The van der Waals surface area contributed by atoms with E-state index in [1.165, 1.54) is 0 Å². The number of aromatic hydroxyl groups is 1. The summed E-state index contributed by atoms with van der Waals surface area (Å²) in [6.07, 6.45) is 0. The molecule has 7 heteroatoms. The number of hydrazone groups is 1. The van der Waals surface area contributed by atoms with Gasteiger partial charge in [-0.1, -0.05) is 54.1 Å². The van der Waals surface area contributed by atoms with Gasteiger partial charge in [0, 0.05) is 16.3 Å². The van der Waals surface area contributed by atoms with Gasteiger partial charge in [-0.3, -0.25) is 9.59 Å². The number of amides is 2. The molecule has 0 aliphatic heterocycles. The standard InChI is InChI=1S/C26H20ClN3O3/c1-16(29-30-26(33)23-14-18-6-2-3-7-19(18)15-24(23)31)17-8-5-11-22(13-17)28-25(32)20-9-4-10-21(27)12-20/h2-15,31H,1H3,(H,28,32)(H,30,33). The smallest absolute Gasteiger partial charge is 0.275 e. The van der Waals surface area contributed by atoms with Crippen molar-refractivity contribution in [1.82, 2.24) is 5.43 Å². The van der Waals surface area contributed by atoms with Crippen LogP contribution in [0.1, 0.15) is 33.2 Å². The van der Waals surface area contributed by atoms with E-state index in [9.17, 15) is 14.7 Å². The number of hydrogen-bond donors (Lipinski definition) is 3. The summed E-state index contributed by atoms with van der Waals surface area (Å²) in [5.41, 5.74) is 4.87. The molecule has 0 bridgehead atoms. The fourth-order valence-corrected chi connectivity index (χ4v) is 3.51. The van der Waals surface area contributed by atoms with Crippen LogP contribution in [0.4, 0.5) is 5.69 Å². The number of anilines is 1. The molecule has 0 unspecified atom stereocenters. The van der Waals surface area contributed by atoms with Gasteiger partial charge in [0.1, 0.15) is 5.75 Å². The van der Waals surface area contributed by atoms with Crippen molar-refractivity contribution in [1.29, 1.82) is 0 Å². The van der Waals surface area contributed by atoms with Gasteiger partial charge in [-0.2, -0.15) is 5.10 Å². The third kappa shape index (κ3) is 5.19. The first-order valence-corrected chi connectivity index (χ1v) is 10.5. The molecule has 4 aromatic carbocycles. The highest BCUT2D eigenvalue weighted by molar-refractivity contribution is 6.31. The van der Waals surface area contributed by atoms with Crippen molar-refractivity contribution in [2.75, 3.05) is 5.32 Å². The molecule has 2 amide bonds. The highest BCUT2D eigenvalue weighted by atomic mass is 35.5. The topological polar surface area (TPSA) is 90.8 Å². The van der Waals surface area contributed by atoms with Gasteiger partial charge in [-0.05, 0) is 65.7 Å². The number of rotatable bonds is 5. The van der Waals surface area contributed by atoms with Gasteiger partial charge in [-0.15, -0.1) is 0 Å². The number of carbonyl (C=O) groups is 2. The second-order valence-corrected chi connectivity index (χ2v) is 7.84. The van der Waals surface area contributed by atoms with Crippen LogP contribution in [0.15, 0.2) is 90.0 Å². The first-order chi connectivity index (χ1) is 15.9. The van der Waals surface area contributed by atoms with Crippen LogP contribution in [0, 0.1) is 0 Å². The largest absolute Gasteiger partial charge is 0.507 e. The van der Waals surface area contributed by atoms with Crippen LogP contribution in [0.3, 0.4) is 0 Å². The highest BCUT2D eigenvalue weighted by Gasteiger charge is 2.13. The third-order valence-corrected chi connectivity index (χ3v) is 5.29. The minimum Gasteiger partial charge on any atom is -0.507 e. The maximum Gasteiger partial charge on any atom is 0.275 e. The van der Waals surface area contributed by atoms with Crippen LogP contribution in [-0.2, 0) is 0 Å². The lowest BCUT2D eigenvalue weighted by Crippen LogP contribution is -2.19. The van der Waals surface area contributed by atoms with E-state index < -0.39 is 5.91 Å². The molecule has 0 atom stereocenters. The van der Waals surface area contributed by atoms with Gasteiger partial charge in [0.05, 0.1) is 11.3 Å². The summed E-state index contributed by atoms with van der Waals surface area (Å²) < 4.78 is 0. The maximum absolute atomic E-state index is 12.6. The van der Waals surface area contributed by atoms with Crippen LogP contribution in [0.5, 0.6) is 5.75 Å². The zero-order valence-electron chi connectivity index (χ0n) is 17.7. The number of carbonyl (C=O) groups excluding carboxylic acids is 2. The predicted octanol–water partition coefficient (Wildman–Crippen LogP) is 5.61. The van der Waals surface area contributed by atoms with E-state index in [-0.39, 0.29) is 17.2 Å². The van der Waals surface area contributed by atoms with Crippen molar-refractivity contribution in [2.24, 2.45) is 5.10 Å². The maximum atomic E-state index is 12.6. The Morgan fingerprint density at radius 2 is 1.52 bits per heavy atom. The summed E-state index contributed by atoms with van der Waals surface area (Å²) in [7, 11) is 0. The second-order valence-electron chi connectivity index (χ2n) is 7.40. The molecule has 0 saturated carbocycles. The molecule has 3 N–H and O–H groups in total. The lowest BCUT2D eigenvalue weighted by Gasteiger charge is -2.09. The van der Waals surface area contributed by atoms with Crippen LogP contribution in [-0.4, -0.2) is 22.6 Å². The number of phenolic OH excluding ortho intramolecular Hbond substituents is 1. The first kappa shape index (κ1) is 22.0. The molecule has 0 aromatic heterocycles. The SMILES string of the molecule is CC(=NNC(=O)c1cc2ccccc2cc1O)c1cccc(NC(=O)c2cccc(Cl)c2)c1. The van der Waals surface area contributed by atoms with E-state index in [1.54, 1.807) is 61.5 Å². The Labute approximate surface area is 195 Å². The van der Waals surface area contributed by atoms with Crippen LogP contribution >= 0.6 is 11.6 Å². The summed E-state index contributed by atoms with van der Waals surface area (Å²) in [5, 5.41) is 19.4. The number of benzene rings is 4. The molecule has 0 spiro atoms. The van der Waals surface area contributed by atoms with E-state index in [0.717, 1.165) is 10.8 Å². The second kappa shape index (κ2) is 9.54. The van der Waals surface area contributed by atoms with Gasteiger partial charge in [0.15, 0.2) is 0 Å². The summed E-state index contributed by atoms with van der Waals surface area (Å²) in [6.45, 7) is 1.73. The van der Waals surface area contributed by atoms with Crippen LogP contribution in [0.25, 0.3) is 10.8 Å². The fourth-order valence-electron chi connectivity index (χ4n) is 3.32. The van der Waals surface area contributed by atoms with Crippen molar-refractivity contribution in [3.8, 4) is 5.75 Å². The monoisotopic (exact) mass is 457 g/mol. The van der Waals surface area contributed by atoms with Gasteiger partial charge < -0.3 is 10.4 Å². The minimum atomic E-state index is -0.525. The lowest BCUT2D eigenvalue weighted by molar-refractivity contribution is 0.0951. The van der Waals surface area contributed by atoms with E-state index in [1.807, 2.05) is 30.3 Å². The summed E-state index contributed by atoms with van der Waals surface area (Å²) in [5.74, 6) is -0.933. The molecule has 4 rings (SSSR count). The van der Waals surface area contributed by atoms with Gasteiger partial charge >= 0.3 is 0 Å². The summed E-state index contributed by atoms with van der Waals surface area (Å²) in [4.78, 5) is 25.1. The Hall–Kier alpha value is -4.16. The average Bonchev–Trinajstić information content (AvgIpc) is 2.82. The van der Waals surface area contributed by atoms with Gasteiger partial charge in [0.2, 0.25) is 0 Å². The molecule has 33 heavy (non-hydrogen) atoms. The van der Waals surface area contributed by atoms with E-state index >= 15 is 0 Å². The van der Waals surface area contributed by atoms with Gasteiger partial charge in [0.25, 0.3) is 11.8 Å². The lowest BCUT2D eigenvalue weighted by atomic mass is 10.1. The summed E-state index contributed by atoms with van der Waals surface area (Å²) >= 11 is 5.96. The number of phenols is 1. The third-order valence-electron chi connectivity index (χ3n) is 5.06. The van der Waals surface area contributed by atoms with Crippen molar-refractivity contribution >= 4 is 45.6 Å². The molecule has 0 fully saturated rings. The molecular formula is C26H20ClN3O3. The quantitative estimate of drug-likeness (QED) is 0.269. The molecule has 164 valence electrons. The van der Waals surface area contributed by atoms with Crippen molar-refractivity contribution in [3.63, 3.8) is 0 Å². The highest BCUT2D eigenvalue weighted by Crippen LogP contribution is 2.25. The number of hydrogen-bond acceptors (Lipinski definition) is 4. The molecule has 0 radical (unpaired) electrons. The Balaban J connectivity index is 1.48. The molecule has 4 aromatic rings. The average molecular weight is 458 g/mol. The van der Waals surface area contributed by atoms with Crippen LogP contribution < -0.4 is 10.7 Å². The Morgan fingerprint density at radius 3 is 2.27 bits per heavy atom. The molecule has 0 heterocycles. The van der Waals surface area contributed by atoms with Crippen LogP contribution in [0.2, 0.25) is 5.02 Å². The predicted molar refractivity (Wildman–Crippen MR) is 131 cm³/mol. The Kier molecular flexibility index (Phi) is 6.38. The van der Waals surface area contributed by atoms with E-state index in [0.29, 0.717) is 27.5 Å². The Bertz CT molecular complexity index is 1400. The van der Waals surface area contributed by atoms with E-state index in [4.69, 9.17) is 11.6 Å². The zero-order chi connectivity index (χ0) is 23.4. The Morgan fingerprint density at radius 1 is 0.818 bits per heavy atom. The number of nitrogens with zero attached hydrogens (tertiary/aromatic N) is 1. The minimum absolute atomic E-state index is 0.121. The number of nitrogens with one attached hydrogen (secondary N) is 2. The van der Waals surface area contributed by atoms with E-state index in [2.05, 4.69) is 15.8 Å². The molecule has 0 saturated heterocycles. The van der Waals surface area contributed by atoms with Crippen molar-refractivity contribution < 1.29 is 14.7 Å². The molecule has 6 nitrogen and oxygen atoms in total.